The Balaban J connectivity index is 1.40. The van der Waals surface area contributed by atoms with Crippen LogP contribution in [0.5, 0.6) is 0 Å². The molecule has 0 spiro atoms. The molecule has 3 heterocycles. The van der Waals surface area contributed by atoms with Gasteiger partial charge in [-0.3, -0.25) is 4.79 Å². The Morgan fingerprint density at radius 1 is 0.903 bits per heavy atom. The van der Waals surface area contributed by atoms with Crippen molar-refractivity contribution in [1.29, 1.82) is 0 Å². The van der Waals surface area contributed by atoms with Crippen LogP contribution in [0, 0.1) is 0 Å². The highest BCUT2D eigenvalue weighted by molar-refractivity contribution is 5.82. The molecular formula is C25H35N5O. The van der Waals surface area contributed by atoms with Crippen molar-refractivity contribution in [1.82, 2.24) is 23.9 Å². The predicted octanol–water partition coefficient (Wildman–Crippen LogP) is 3.69. The van der Waals surface area contributed by atoms with Crippen molar-refractivity contribution in [3.05, 3.63) is 53.2 Å². The Morgan fingerprint density at radius 3 is 2.45 bits per heavy atom. The molecule has 1 aliphatic rings. The number of aryl methyl sites for hydroxylation is 2. The fourth-order valence-corrected chi connectivity index (χ4v) is 4.50. The van der Waals surface area contributed by atoms with Gasteiger partial charge in [0.2, 0.25) is 0 Å². The highest BCUT2D eigenvalue weighted by atomic mass is 16.1. The first kappa shape index (κ1) is 21.8. The molecule has 0 saturated carbocycles. The van der Waals surface area contributed by atoms with Crippen LogP contribution in [-0.4, -0.2) is 64.2 Å². The third-order valence-electron chi connectivity index (χ3n) is 6.28. The Kier molecular flexibility index (Phi) is 7.20. The lowest BCUT2D eigenvalue weighted by Gasteiger charge is -2.26. The van der Waals surface area contributed by atoms with Gasteiger partial charge < -0.3 is 18.9 Å². The van der Waals surface area contributed by atoms with E-state index in [2.05, 4.69) is 57.7 Å². The summed E-state index contributed by atoms with van der Waals surface area (Å²) >= 11 is 0. The van der Waals surface area contributed by atoms with Gasteiger partial charge in [0.05, 0.1) is 17.4 Å². The standard InChI is InChI=1S/C25H35N5O/c1-27(2)11-6-16-30-20-26-23-18-21(8-9-24(23)30)22-10-17-29(25(31)19-22)15-7-14-28-12-4-3-5-13-28/h8-10,17-20H,3-7,11-16H2,1-2H3. The minimum atomic E-state index is 0.0745. The average molecular weight is 422 g/mol. The van der Waals surface area contributed by atoms with Crippen molar-refractivity contribution in [2.24, 2.45) is 0 Å². The highest BCUT2D eigenvalue weighted by Crippen LogP contribution is 2.23. The second-order valence-electron chi connectivity index (χ2n) is 9.00. The van der Waals surface area contributed by atoms with Gasteiger partial charge in [-0.25, -0.2) is 4.98 Å². The summed E-state index contributed by atoms with van der Waals surface area (Å²) < 4.78 is 4.05. The van der Waals surface area contributed by atoms with Crippen molar-refractivity contribution >= 4 is 11.0 Å². The molecule has 0 radical (unpaired) electrons. The summed E-state index contributed by atoms with van der Waals surface area (Å²) in [5.74, 6) is 0. The lowest BCUT2D eigenvalue weighted by atomic mass is 10.1. The Hall–Kier alpha value is -2.44. The molecule has 4 rings (SSSR count). The van der Waals surface area contributed by atoms with Gasteiger partial charge in [0.25, 0.3) is 5.56 Å². The van der Waals surface area contributed by atoms with E-state index in [4.69, 9.17) is 0 Å². The third-order valence-corrected chi connectivity index (χ3v) is 6.28. The summed E-state index contributed by atoms with van der Waals surface area (Å²) in [7, 11) is 4.20. The van der Waals surface area contributed by atoms with E-state index >= 15 is 0 Å². The first-order valence-corrected chi connectivity index (χ1v) is 11.6. The number of hydrogen-bond acceptors (Lipinski definition) is 4. The normalized spacial score (nSPS) is 15.2. The minimum Gasteiger partial charge on any atom is -0.331 e. The van der Waals surface area contributed by atoms with Crippen LogP contribution in [0.2, 0.25) is 0 Å². The van der Waals surface area contributed by atoms with Crippen LogP contribution in [0.3, 0.4) is 0 Å². The molecule has 1 aromatic carbocycles. The van der Waals surface area contributed by atoms with Crippen LogP contribution in [0.25, 0.3) is 22.2 Å². The quantitative estimate of drug-likeness (QED) is 0.529. The van der Waals surface area contributed by atoms with Crippen molar-refractivity contribution in [3.63, 3.8) is 0 Å². The van der Waals surface area contributed by atoms with E-state index in [-0.39, 0.29) is 5.56 Å². The maximum atomic E-state index is 12.7. The number of imidazole rings is 1. The van der Waals surface area contributed by atoms with Crippen LogP contribution in [0.4, 0.5) is 0 Å². The average Bonchev–Trinajstić information content (AvgIpc) is 3.17. The first-order valence-electron chi connectivity index (χ1n) is 11.6. The summed E-state index contributed by atoms with van der Waals surface area (Å²) in [6, 6.07) is 10.1. The molecule has 1 aliphatic heterocycles. The van der Waals surface area contributed by atoms with Gasteiger partial charge in [0, 0.05) is 25.4 Å². The van der Waals surface area contributed by atoms with Crippen molar-refractivity contribution < 1.29 is 0 Å². The van der Waals surface area contributed by atoms with E-state index in [0.29, 0.717) is 0 Å². The Bertz CT molecular complexity index is 1050. The second kappa shape index (κ2) is 10.2. The minimum absolute atomic E-state index is 0.0745. The zero-order chi connectivity index (χ0) is 21.6. The molecule has 1 saturated heterocycles. The fourth-order valence-electron chi connectivity index (χ4n) is 4.50. The number of hydrogen-bond donors (Lipinski definition) is 0. The number of fused-ring (bicyclic) bond motifs is 1. The van der Waals surface area contributed by atoms with E-state index < -0.39 is 0 Å². The molecule has 0 unspecified atom stereocenters. The number of aromatic nitrogens is 3. The maximum Gasteiger partial charge on any atom is 0.251 e. The van der Waals surface area contributed by atoms with Gasteiger partial charge in [-0.05, 0) is 95.3 Å². The molecule has 6 nitrogen and oxygen atoms in total. The molecule has 0 aliphatic carbocycles. The summed E-state index contributed by atoms with van der Waals surface area (Å²) in [6.45, 7) is 6.31. The summed E-state index contributed by atoms with van der Waals surface area (Å²) in [6.07, 6.45) is 9.97. The SMILES string of the molecule is CN(C)CCCn1cnc2cc(-c3ccn(CCCN4CCCCC4)c(=O)c3)ccc21. The van der Waals surface area contributed by atoms with E-state index in [1.807, 2.05) is 17.1 Å². The van der Waals surface area contributed by atoms with Crippen LogP contribution < -0.4 is 5.56 Å². The number of likely N-dealkylation sites (tertiary alicyclic amines) is 1. The van der Waals surface area contributed by atoms with Gasteiger partial charge in [0.1, 0.15) is 0 Å². The van der Waals surface area contributed by atoms with Crippen LogP contribution in [0.15, 0.2) is 47.7 Å². The van der Waals surface area contributed by atoms with Crippen LogP contribution in [0.1, 0.15) is 32.1 Å². The second-order valence-corrected chi connectivity index (χ2v) is 9.00. The molecule has 0 bridgehead atoms. The smallest absolute Gasteiger partial charge is 0.251 e. The molecule has 0 N–H and O–H groups in total. The number of rotatable bonds is 9. The van der Waals surface area contributed by atoms with E-state index in [1.54, 1.807) is 6.07 Å². The van der Waals surface area contributed by atoms with Crippen LogP contribution >= 0.6 is 0 Å². The predicted molar refractivity (Wildman–Crippen MR) is 128 cm³/mol. The zero-order valence-corrected chi connectivity index (χ0v) is 19.0. The molecular weight excluding hydrogens is 386 g/mol. The molecule has 6 heteroatoms. The summed E-state index contributed by atoms with van der Waals surface area (Å²) in [5.41, 5.74) is 4.21. The van der Waals surface area contributed by atoms with Crippen LogP contribution in [-0.2, 0) is 13.1 Å². The molecule has 0 amide bonds. The number of benzene rings is 1. The molecule has 31 heavy (non-hydrogen) atoms. The number of piperidine rings is 1. The molecule has 2 aromatic heterocycles. The largest absolute Gasteiger partial charge is 0.331 e. The van der Waals surface area contributed by atoms with E-state index in [9.17, 15) is 4.79 Å². The van der Waals surface area contributed by atoms with Gasteiger partial charge in [-0.1, -0.05) is 12.5 Å². The van der Waals surface area contributed by atoms with Crippen molar-refractivity contribution in [2.45, 2.75) is 45.2 Å². The Labute approximate surface area is 185 Å². The van der Waals surface area contributed by atoms with Gasteiger partial charge in [-0.15, -0.1) is 0 Å². The summed E-state index contributed by atoms with van der Waals surface area (Å²) in [5, 5.41) is 0. The fraction of sp³-hybridized carbons (Fsp3) is 0.520. The summed E-state index contributed by atoms with van der Waals surface area (Å²) in [4.78, 5) is 22.0. The van der Waals surface area contributed by atoms with Gasteiger partial charge >= 0.3 is 0 Å². The third kappa shape index (κ3) is 5.63. The van der Waals surface area contributed by atoms with E-state index in [1.165, 1.54) is 32.4 Å². The molecule has 3 aromatic rings. The van der Waals surface area contributed by atoms with Gasteiger partial charge in [0.15, 0.2) is 0 Å². The monoisotopic (exact) mass is 421 g/mol. The topological polar surface area (TPSA) is 46.3 Å². The van der Waals surface area contributed by atoms with Crippen molar-refractivity contribution in [2.75, 3.05) is 40.3 Å². The molecule has 1 fully saturated rings. The highest BCUT2D eigenvalue weighted by Gasteiger charge is 2.10. The lowest BCUT2D eigenvalue weighted by molar-refractivity contribution is 0.222. The van der Waals surface area contributed by atoms with Gasteiger partial charge in [-0.2, -0.15) is 0 Å². The first-order chi connectivity index (χ1) is 15.1. The number of nitrogens with zero attached hydrogens (tertiary/aromatic N) is 5. The Morgan fingerprint density at radius 2 is 1.68 bits per heavy atom. The van der Waals surface area contributed by atoms with E-state index in [0.717, 1.165) is 61.2 Å². The lowest BCUT2D eigenvalue weighted by Crippen LogP contribution is -2.31. The molecule has 0 atom stereocenters. The maximum absolute atomic E-state index is 12.7. The number of pyridine rings is 1. The van der Waals surface area contributed by atoms with Crippen molar-refractivity contribution in [3.8, 4) is 11.1 Å². The molecule has 166 valence electrons. The zero-order valence-electron chi connectivity index (χ0n) is 19.0.